The van der Waals surface area contributed by atoms with Crippen molar-refractivity contribution in [2.24, 2.45) is 0 Å². The number of fused-ring (bicyclic) bond motifs is 1. The fourth-order valence-corrected chi connectivity index (χ4v) is 2.76. The summed E-state index contributed by atoms with van der Waals surface area (Å²) < 4.78 is 24.8. The van der Waals surface area contributed by atoms with E-state index >= 15 is 0 Å². The van der Waals surface area contributed by atoms with Crippen LogP contribution in [0.2, 0.25) is 0 Å². The first-order valence-corrected chi connectivity index (χ1v) is 7.84. The second-order valence-corrected chi connectivity index (χ2v) is 6.58. The highest BCUT2D eigenvalue weighted by atomic mass is 19.1. The van der Waals surface area contributed by atoms with Crippen molar-refractivity contribution in [3.63, 3.8) is 0 Å². The van der Waals surface area contributed by atoms with Crippen LogP contribution >= 0.6 is 0 Å². The summed E-state index contributed by atoms with van der Waals surface area (Å²) >= 11 is 0. The van der Waals surface area contributed by atoms with Crippen LogP contribution in [0.25, 0.3) is 0 Å². The number of ether oxygens (including phenoxy) is 2. The van der Waals surface area contributed by atoms with Crippen molar-refractivity contribution in [1.29, 1.82) is 0 Å². The van der Waals surface area contributed by atoms with E-state index in [4.69, 9.17) is 9.47 Å². The van der Waals surface area contributed by atoms with Gasteiger partial charge in [-0.15, -0.1) is 0 Å². The predicted octanol–water partition coefficient (Wildman–Crippen LogP) is 3.87. The van der Waals surface area contributed by atoms with Gasteiger partial charge in [0, 0.05) is 17.7 Å². The Labute approximate surface area is 140 Å². The highest BCUT2D eigenvalue weighted by Crippen LogP contribution is 2.41. The lowest BCUT2D eigenvalue weighted by atomic mass is 10.0. The number of anilines is 1. The molecule has 5 heteroatoms. The van der Waals surface area contributed by atoms with E-state index in [2.05, 4.69) is 5.32 Å². The number of aryl methyl sites for hydroxylation is 1. The van der Waals surface area contributed by atoms with Crippen molar-refractivity contribution in [2.75, 3.05) is 11.9 Å². The molecule has 2 aromatic carbocycles. The summed E-state index contributed by atoms with van der Waals surface area (Å²) in [7, 11) is 0. The van der Waals surface area contributed by atoms with Crippen LogP contribution < -0.4 is 14.8 Å². The minimum atomic E-state index is -0.309. The number of benzene rings is 2. The lowest BCUT2D eigenvalue weighted by Crippen LogP contribution is -2.25. The minimum absolute atomic E-state index is 0.142. The van der Waals surface area contributed by atoms with Gasteiger partial charge in [-0.05, 0) is 50.6 Å². The molecular weight excluding hydrogens is 309 g/mol. The molecule has 0 radical (unpaired) electrons. The van der Waals surface area contributed by atoms with Gasteiger partial charge in [-0.3, -0.25) is 4.79 Å². The molecule has 1 heterocycles. The molecule has 4 nitrogen and oxygen atoms in total. The van der Waals surface area contributed by atoms with Crippen molar-refractivity contribution in [1.82, 2.24) is 0 Å². The first-order valence-electron chi connectivity index (χ1n) is 7.84. The second kappa shape index (κ2) is 6.15. The molecule has 0 saturated carbocycles. The van der Waals surface area contributed by atoms with Crippen molar-refractivity contribution < 1.29 is 18.7 Å². The molecule has 0 aliphatic carbocycles. The van der Waals surface area contributed by atoms with E-state index < -0.39 is 0 Å². The third-order valence-electron chi connectivity index (χ3n) is 3.86. The molecule has 1 amide bonds. The average molecular weight is 329 g/mol. The standard InChI is InChI=1S/C19H20FNO3/c1-12-9-14(7-8-15(12)20)21-17(22)11-23-16-6-4-5-13-10-19(2,3)24-18(13)16/h4-9H,10-11H2,1-3H3,(H,21,22). The SMILES string of the molecule is Cc1cc(NC(=O)COc2cccc3c2OC(C)(C)C3)ccc1F. The molecule has 2 aromatic rings. The number of carbonyl (C=O) groups excluding carboxylic acids is 1. The molecule has 1 aliphatic rings. The van der Waals surface area contributed by atoms with Gasteiger partial charge in [-0.25, -0.2) is 4.39 Å². The molecule has 3 rings (SSSR count). The number of halogens is 1. The van der Waals surface area contributed by atoms with Gasteiger partial charge in [0.05, 0.1) is 0 Å². The van der Waals surface area contributed by atoms with E-state index in [1.807, 2.05) is 26.0 Å². The molecule has 1 N–H and O–H groups in total. The lowest BCUT2D eigenvalue weighted by Gasteiger charge is -2.18. The van der Waals surface area contributed by atoms with E-state index in [9.17, 15) is 9.18 Å². The second-order valence-electron chi connectivity index (χ2n) is 6.58. The Kier molecular flexibility index (Phi) is 4.18. The predicted molar refractivity (Wildman–Crippen MR) is 90.1 cm³/mol. The number of hydrogen-bond donors (Lipinski definition) is 1. The summed E-state index contributed by atoms with van der Waals surface area (Å²) in [6, 6.07) is 10.1. The Hall–Kier alpha value is -2.56. The summed E-state index contributed by atoms with van der Waals surface area (Å²) in [5.41, 5.74) is 1.82. The highest BCUT2D eigenvalue weighted by Gasteiger charge is 2.32. The number of rotatable bonds is 4. The van der Waals surface area contributed by atoms with Crippen LogP contribution in [0.15, 0.2) is 36.4 Å². The number of nitrogens with one attached hydrogen (secondary N) is 1. The third kappa shape index (κ3) is 3.50. The number of carbonyl (C=O) groups is 1. The molecule has 1 aliphatic heterocycles. The monoisotopic (exact) mass is 329 g/mol. The van der Waals surface area contributed by atoms with E-state index in [0.29, 0.717) is 22.7 Å². The Bertz CT molecular complexity index is 786. The van der Waals surface area contributed by atoms with Gasteiger partial charge in [0.2, 0.25) is 0 Å². The maximum atomic E-state index is 13.2. The lowest BCUT2D eigenvalue weighted by molar-refractivity contribution is -0.118. The van der Waals surface area contributed by atoms with Crippen molar-refractivity contribution in [2.45, 2.75) is 32.8 Å². The normalized spacial score (nSPS) is 14.7. The van der Waals surface area contributed by atoms with Gasteiger partial charge in [-0.2, -0.15) is 0 Å². The van der Waals surface area contributed by atoms with Crippen LogP contribution in [0.4, 0.5) is 10.1 Å². The summed E-state index contributed by atoms with van der Waals surface area (Å²) in [5.74, 6) is 0.649. The average Bonchev–Trinajstić information content (AvgIpc) is 2.83. The molecule has 0 atom stereocenters. The fraction of sp³-hybridized carbons (Fsp3) is 0.316. The van der Waals surface area contributed by atoms with Crippen molar-refractivity contribution in [3.8, 4) is 11.5 Å². The maximum Gasteiger partial charge on any atom is 0.262 e. The Morgan fingerprint density at radius 3 is 2.88 bits per heavy atom. The molecule has 126 valence electrons. The molecule has 0 unspecified atom stereocenters. The van der Waals surface area contributed by atoms with E-state index in [1.165, 1.54) is 12.1 Å². The Morgan fingerprint density at radius 2 is 2.12 bits per heavy atom. The quantitative estimate of drug-likeness (QED) is 0.926. The van der Waals surface area contributed by atoms with Gasteiger partial charge in [0.25, 0.3) is 5.91 Å². The van der Waals surface area contributed by atoms with Crippen LogP contribution in [0, 0.1) is 12.7 Å². The van der Waals surface area contributed by atoms with Crippen LogP contribution in [-0.4, -0.2) is 18.1 Å². The fourth-order valence-electron chi connectivity index (χ4n) is 2.76. The zero-order valence-corrected chi connectivity index (χ0v) is 14.0. The van der Waals surface area contributed by atoms with Crippen molar-refractivity contribution in [3.05, 3.63) is 53.3 Å². The van der Waals surface area contributed by atoms with Gasteiger partial charge >= 0.3 is 0 Å². The van der Waals surface area contributed by atoms with Crippen LogP contribution in [0.1, 0.15) is 25.0 Å². The summed E-state index contributed by atoms with van der Waals surface area (Å²) in [5, 5.41) is 2.69. The van der Waals surface area contributed by atoms with E-state index in [-0.39, 0.29) is 23.9 Å². The molecule has 0 bridgehead atoms. The van der Waals surface area contributed by atoms with Crippen LogP contribution in [0.5, 0.6) is 11.5 Å². The highest BCUT2D eigenvalue weighted by molar-refractivity contribution is 5.92. The van der Waals surface area contributed by atoms with E-state index in [1.54, 1.807) is 19.1 Å². The summed E-state index contributed by atoms with van der Waals surface area (Å²) in [6.45, 7) is 5.53. The van der Waals surface area contributed by atoms with Gasteiger partial charge in [0.15, 0.2) is 18.1 Å². The van der Waals surface area contributed by atoms with Gasteiger partial charge in [0.1, 0.15) is 11.4 Å². The number of para-hydroxylation sites is 1. The molecular formula is C19H20FNO3. The summed E-state index contributed by atoms with van der Waals surface area (Å²) in [6.07, 6.45) is 0.806. The van der Waals surface area contributed by atoms with Gasteiger partial charge < -0.3 is 14.8 Å². The summed E-state index contributed by atoms with van der Waals surface area (Å²) in [4.78, 5) is 12.0. The molecule has 0 fully saturated rings. The largest absolute Gasteiger partial charge is 0.483 e. The van der Waals surface area contributed by atoms with E-state index in [0.717, 1.165) is 12.0 Å². The molecule has 0 spiro atoms. The number of hydrogen-bond acceptors (Lipinski definition) is 3. The molecule has 0 saturated heterocycles. The Morgan fingerprint density at radius 1 is 1.33 bits per heavy atom. The van der Waals surface area contributed by atoms with Gasteiger partial charge in [-0.1, -0.05) is 12.1 Å². The number of amides is 1. The zero-order valence-electron chi connectivity index (χ0n) is 14.0. The Balaban J connectivity index is 1.63. The van der Waals surface area contributed by atoms with Crippen molar-refractivity contribution >= 4 is 11.6 Å². The molecule has 24 heavy (non-hydrogen) atoms. The smallest absolute Gasteiger partial charge is 0.262 e. The maximum absolute atomic E-state index is 13.2. The van der Waals surface area contributed by atoms with Crippen LogP contribution in [0.3, 0.4) is 0 Å². The zero-order chi connectivity index (χ0) is 17.3. The first kappa shape index (κ1) is 16.3. The topological polar surface area (TPSA) is 47.6 Å². The van der Waals surface area contributed by atoms with Crippen LogP contribution in [-0.2, 0) is 11.2 Å². The first-order chi connectivity index (χ1) is 11.3. The minimum Gasteiger partial charge on any atom is -0.483 e. The molecule has 0 aromatic heterocycles. The third-order valence-corrected chi connectivity index (χ3v) is 3.86.